The highest BCUT2D eigenvalue weighted by molar-refractivity contribution is 5.69. The molecule has 0 aliphatic heterocycles. The smallest absolute Gasteiger partial charge is 0.306 e. The van der Waals surface area contributed by atoms with Crippen LogP contribution in [0.5, 0.6) is 0 Å². The van der Waals surface area contributed by atoms with Crippen molar-refractivity contribution >= 4 is 5.97 Å². The van der Waals surface area contributed by atoms with Gasteiger partial charge in [0.15, 0.2) is 0 Å². The molecule has 0 bridgehead atoms. The number of hydrogen-bond donors (Lipinski definition) is 1. The van der Waals surface area contributed by atoms with Crippen LogP contribution in [-0.4, -0.2) is 22.8 Å². The molecule has 0 aromatic carbocycles. The van der Waals surface area contributed by atoms with Gasteiger partial charge in [0, 0.05) is 0 Å². The molecule has 0 aliphatic carbocycles. The maximum atomic E-state index is 10.9. The van der Waals surface area contributed by atoms with Gasteiger partial charge in [-0.3, -0.25) is 4.79 Å². The standard InChI is InChI=1S/C16H30O3/c1-8-14(9-11(2)3)13(5)19-16(6,7)10-12(4)15(17)18/h9,11-13H,8,10H2,1-7H3,(H,17,18)/b14-9+/t12-,13?/m1/s1. The van der Waals surface area contributed by atoms with Gasteiger partial charge in [-0.1, -0.05) is 33.8 Å². The average molecular weight is 270 g/mol. The van der Waals surface area contributed by atoms with Gasteiger partial charge in [0.05, 0.1) is 17.6 Å². The molecule has 1 N–H and O–H groups in total. The molecule has 1 unspecified atom stereocenters. The van der Waals surface area contributed by atoms with Crippen molar-refractivity contribution in [2.24, 2.45) is 11.8 Å². The lowest BCUT2D eigenvalue weighted by atomic mass is 9.94. The molecule has 0 fully saturated rings. The Morgan fingerprint density at radius 3 is 2.16 bits per heavy atom. The third-order valence-corrected chi connectivity index (χ3v) is 3.19. The number of allylic oxidation sites excluding steroid dienone is 1. The Morgan fingerprint density at radius 1 is 1.26 bits per heavy atom. The van der Waals surface area contributed by atoms with E-state index in [4.69, 9.17) is 9.84 Å². The average Bonchev–Trinajstić information content (AvgIpc) is 2.23. The number of carboxylic acids is 1. The zero-order valence-corrected chi connectivity index (χ0v) is 13.5. The van der Waals surface area contributed by atoms with Crippen molar-refractivity contribution in [2.75, 3.05) is 0 Å². The number of aliphatic carboxylic acids is 1. The first-order valence-corrected chi connectivity index (χ1v) is 7.20. The molecule has 19 heavy (non-hydrogen) atoms. The van der Waals surface area contributed by atoms with Gasteiger partial charge in [0.25, 0.3) is 0 Å². The van der Waals surface area contributed by atoms with E-state index in [2.05, 4.69) is 26.8 Å². The first-order chi connectivity index (χ1) is 8.59. The maximum Gasteiger partial charge on any atom is 0.306 e. The summed E-state index contributed by atoms with van der Waals surface area (Å²) in [6.45, 7) is 14.1. The van der Waals surface area contributed by atoms with Crippen LogP contribution in [-0.2, 0) is 9.53 Å². The number of hydrogen-bond acceptors (Lipinski definition) is 2. The highest BCUT2D eigenvalue weighted by Gasteiger charge is 2.28. The van der Waals surface area contributed by atoms with E-state index in [1.54, 1.807) is 6.92 Å². The van der Waals surface area contributed by atoms with Crippen molar-refractivity contribution in [3.05, 3.63) is 11.6 Å². The summed E-state index contributed by atoms with van der Waals surface area (Å²) in [5.74, 6) is -0.652. The molecule has 0 amide bonds. The molecule has 0 saturated heterocycles. The fourth-order valence-corrected chi connectivity index (χ4v) is 2.40. The normalized spacial score (nSPS) is 16.5. The Morgan fingerprint density at radius 2 is 1.79 bits per heavy atom. The van der Waals surface area contributed by atoms with Gasteiger partial charge in [-0.25, -0.2) is 0 Å². The van der Waals surface area contributed by atoms with Crippen LogP contribution in [0.25, 0.3) is 0 Å². The Balaban J connectivity index is 4.68. The molecule has 3 heteroatoms. The van der Waals surface area contributed by atoms with Gasteiger partial charge in [0.2, 0.25) is 0 Å². The van der Waals surface area contributed by atoms with E-state index >= 15 is 0 Å². The summed E-state index contributed by atoms with van der Waals surface area (Å²) >= 11 is 0. The summed E-state index contributed by atoms with van der Waals surface area (Å²) in [7, 11) is 0. The highest BCUT2D eigenvalue weighted by Crippen LogP contribution is 2.26. The van der Waals surface area contributed by atoms with Gasteiger partial charge < -0.3 is 9.84 Å². The molecule has 0 aromatic rings. The van der Waals surface area contributed by atoms with Crippen LogP contribution in [0.15, 0.2) is 11.6 Å². The van der Waals surface area contributed by atoms with E-state index < -0.39 is 11.6 Å². The molecular weight excluding hydrogens is 240 g/mol. The number of carboxylic acid groups (broad SMARTS) is 1. The lowest BCUT2D eigenvalue weighted by molar-refractivity contribution is -0.145. The van der Waals surface area contributed by atoms with E-state index in [1.165, 1.54) is 5.57 Å². The largest absolute Gasteiger partial charge is 0.481 e. The van der Waals surface area contributed by atoms with Crippen LogP contribution in [0, 0.1) is 11.8 Å². The van der Waals surface area contributed by atoms with Crippen LogP contribution in [0.1, 0.15) is 61.3 Å². The first-order valence-electron chi connectivity index (χ1n) is 7.20. The minimum absolute atomic E-state index is 0.0309. The third-order valence-electron chi connectivity index (χ3n) is 3.19. The van der Waals surface area contributed by atoms with Gasteiger partial charge in [-0.15, -0.1) is 0 Å². The third kappa shape index (κ3) is 7.36. The van der Waals surface area contributed by atoms with Crippen LogP contribution in [0.3, 0.4) is 0 Å². The van der Waals surface area contributed by atoms with Crippen LogP contribution < -0.4 is 0 Å². The fourth-order valence-electron chi connectivity index (χ4n) is 2.40. The van der Waals surface area contributed by atoms with Crippen LogP contribution >= 0.6 is 0 Å². The van der Waals surface area contributed by atoms with E-state index in [0.717, 1.165) is 6.42 Å². The van der Waals surface area contributed by atoms with Gasteiger partial charge in [-0.05, 0) is 45.1 Å². The molecule has 3 nitrogen and oxygen atoms in total. The molecule has 0 aliphatic rings. The second-order valence-corrected chi connectivity index (χ2v) is 6.30. The summed E-state index contributed by atoms with van der Waals surface area (Å²) in [5.41, 5.74) is 0.855. The summed E-state index contributed by atoms with van der Waals surface area (Å²) in [6, 6.07) is 0. The number of carbonyl (C=O) groups is 1. The monoisotopic (exact) mass is 270 g/mol. The molecule has 0 heterocycles. The van der Waals surface area contributed by atoms with Gasteiger partial charge in [0.1, 0.15) is 0 Å². The quantitative estimate of drug-likeness (QED) is 0.670. The second kappa shape index (κ2) is 7.68. The molecule has 0 radical (unpaired) electrons. The Hall–Kier alpha value is -0.830. The van der Waals surface area contributed by atoms with Crippen molar-refractivity contribution in [2.45, 2.75) is 73.0 Å². The number of ether oxygens (including phenoxy) is 1. The second-order valence-electron chi connectivity index (χ2n) is 6.30. The predicted molar refractivity (Wildman–Crippen MR) is 79.3 cm³/mol. The summed E-state index contributed by atoms with van der Waals surface area (Å²) in [6.07, 6.45) is 3.75. The Labute approximate surface area is 118 Å². The lowest BCUT2D eigenvalue weighted by Crippen LogP contribution is -2.33. The van der Waals surface area contributed by atoms with E-state index in [-0.39, 0.29) is 12.0 Å². The highest BCUT2D eigenvalue weighted by atomic mass is 16.5. The summed E-state index contributed by atoms with van der Waals surface area (Å²) in [4.78, 5) is 10.9. The van der Waals surface area contributed by atoms with E-state index in [1.807, 2.05) is 20.8 Å². The maximum absolute atomic E-state index is 10.9. The molecule has 0 aromatic heterocycles. The SMILES string of the molecule is CC/C(=C\C(C)C)C(C)OC(C)(C)C[C@@H](C)C(=O)O. The molecular formula is C16H30O3. The zero-order chi connectivity index (χ0) is 15.2. The summed E-state index contributed by atoms with van der Waals surface area (Å²) in [5, 5.41) is 8.99. The van der Waals surface area contributed by atoms with Crippen molar-refractivity contribution < 1.29 is 14.6 Å². The van der Waals surface area contributed by atoms with Crippen LogP contribution in [0.4, 0.5) is 0 Å². The molecule has 112 valence electrons. The van der Waals surface area contributed by atoms with Crippen molar-refractivity contribution in [3.63, 3.8) is 0 Å². The molecule has 0 rings (SSSR count). The van der Waals surface area contributed by atoms with Crippen LogP contribution in [0.2, 0.25) is 0 Å². The number of rotatable bonds is 8. The summed E-state index contributed by atoms with van der Waals surface area (Å²) < 4.78 is 6.08. The van der Waals surface area contributed by atoms with E-state index in [0.29, 0.717) is 12.3 Å². The zero-order valence-electron chi connectivity index (χ0n) is 13.5. The lowest BCUT2D eigenvalue weighted by Gasteiger charge is -2.32. The minimum Gasteiger partial charge on any atom is -0.481 e. The topological polar surface area (TPSA) is 46.5 Å². The molecule has 2 atom stereocenters. The van der Waals surface area contributed by atoms with E-state index in [9.17, 15) is 4.79 Å². The Bertz CT molecular complexity index is 316. The fraction of sp³-hybridized carbons (Fsp3) is 0.812. The Kier molecular flexibility index (Phi) is 7.35. The predicted octanol–water partition coefficient (Wildman–Crippen LogP) is 4.27. The van der Waals surface area contributed by atoms with Crippen molar-refractivity contribution in [1.82, 2.24) is 0 Å². The van der Waals surface area contributed by atoms with Gasteiger partial charge >= 0.3 is 5.97 Å². The molecule has 0 saturated carbocycles. The van der Waals surface area contributed by atoms with Crippen molar-refractivity contribution in [1.29, 1.82) is 0 Å². The van der Waals surface area contributed by atoms with Gasteiger partial charge in [-0.2, -0.15) is 0 Å². The first kappa shape index (κ1) is 18.2. The minimum atomic E-state index is -0.766. The molecule has 0 spiro atoms. The van der Waals surface area contributed by atoms with Crippen molar-refractivity contribution in [3.8, 4) is 0 Å².